The number of piperazine rings is 1. The Kier molecular flexibility index (Phi) is 4.54. The highest BCUT2D eigenvalue weighted by molar-refractivity contribution is 5.84. The largest absolute Gasteiger partial charge is 0.373 e. The molecule has 0 aromatic rings. The van der Waals surface area contributed by atoms with E-state index in [1.807, 2.05) is 0 Å². The molecule has 0 radical (unpaired) electrons. The van der Waals surface area contributed by atoms with Gasteiger partial charge in [0.1, 0.15) is 11.9 Å². The molecule has 1 unspecified atom stereocenters. The summed E-state index contributed by atoms with van der Waals surface area (Å²) in [6.07, 6.45) is -0.0617. The highest BCUT2D eigenvalue weighted by Gasteiger charge is 2.25. The van der Waals surface area contributed by atoms with Crippen LogP contribution in [0, 0.1) is 11.3 Å². The summed E-state index contributed by atoms with van der Waals surface area (Å²) in [7, 11) is 3.81. The highest BCUT2D eigenvalue weighted by Crippen LogP contribution is 2.11. The van der Waals surface area contributed by atoms with Crippen molar-refractivity contribution in [1.29, 1.82) is 5.41 Å². The van der Waals surface area contributed by atoms with Crippen molar-refractivity contribution in [3.63, 3.8) is 0 Å². The Bertz CT molecular complexity index is 210. The highest BCUT2D eigenvalue weighted by atomic mass is 16.5. The Morgan fingerprint density at radius 2 is 1.73 bits per heavy atom. The third-order valence-electron chi connectivity index (χ3n) is 2.97. The second-order valence-electron chi connectivity index (χ2n) is 4.58. The molecule has 1 heterocycles. The summed E-state index contributed by atoms with van der Waals surface area (Å²) in [5.41, 5.74) is 0. The van der Waals surface area contributed by atoms with E-state index >= 15 is 0 Å². The Balaban J connectivity index is 2.52. The van der Waals surface area contributed by atoms with Crippen molar-refractivity contribution >= 4 is 5.84 Å². The van der Waals surface area contributed by atoms with Gasteiger partial charge in [-0.15, -0.1) is 0 Å². The van der Waals surface area contributed by atoms with E-state index in [4.69, 9.17) is 10.1 Å². The molecule has 0 aromatic carbocycles. The molecule has 0 bridgehead atoms. The summed E-state index contributed by atoms with van der Waals surface area (Å²) < 4.78 is 5.37. The van der Waals surface area contributed by atoms with Crippen molar-refractivity contribution in [1.82, 2.24) is 9.80 Å². The van der Waals surface area contributed by atoms with Gasteiger partial charge in [0, 0.05) is 33.3 Å². The molecule has 15 heavy (non-hydrogen) atoms. The van der Waals surface area contributed by atoms with E-state index in [0.29, 0.717) is 11.8 Å². The number of rotatable bonds is 3. The van der Waals surface area contributed by atoms with E-state index < -0.39 is 0 Å². The van der Waals surface area contributed by atoms with Crippen molar-refractivity contribution in [2.75, 3.05) is 40.3 Å². The van der Waals surface area contributed by atoms with Crippen molar-refractivity contribution < 1.29 is 4.74 Å². The monoisotopic (exact) mass is 213 g/mol. The van der Waals surface area contributed by atoms with E-state index in [9.17, 15) is 0 Å². The molecule has 88 valence electrons. The number of likely N-dealkylation sites (N-methyl/N-ethyl adjacent to an activating group) is 1. The first-order chi connectivity index (χ1) is 7.06. The standard InChI is InChI=1S/C11H23N3O/c1-9(2)10(15-4)11(12)14-7-5-13(3)6-8-14/h9-10,12H,5-8H2,1-4H3. The summed E-state index contributed by atoms with van der Waals surface area (Å²) in [6.45, 7) is 8.16. The maximum atomic E-state index is 8.12. The summed E-state index contributed by atoms with van der Waals surface area (Å²) in [5, 5.41) is 8.12. The molecule has 4 nitrogen and oxygen atoms in total. The van der Waals surface area contributed by atoms with Crippen LogP contribution >= 0.6 is 0 Å². The number of ether oxygens (including phenoxy) is 1. The summed E-state index contributed by atoms with van der Waals surface area (Å²) in [6, 6.07) is 0. The second-order valence-corrected chi connectivity index (χ2v) is 4.58. The molecule has 1 aliphatic rings. The van der Waals surface area contributed by atoms with Gasteiger partial charge in [-0.05, 0) is 13.0 Å². The van der Waals surface area contributed by atoms with Crippen molar-refractivity contribution in [2.45, 2.75) is 20.0 Å². The fourth-order valence-electron chi connectivity index (χ4n) is 1.93. The minimum Gasteiger partial charge on any atom is -0.373 e. The zero-order valence-corrected chi connectivity index (χ0v) is 10.3. The first kappa shape index (κ1) is 12.5. The molecule has 1 fully saturated rings. The smallest absolute Gasteiger partial charge is 0.126 e. The van der Waals surface area contributed by atoms with Crippen molar-refractivity contribution in [2.24, 2.45) is 5.92 Å². The average Bonchev–Trinajstić information content (AvgIpc) is 2.19. The van der Waals surface area contributed by atoms with Gasteiger partial charge in [0.05, 0.1) is 0 Å². The lowest BCUT2D eigenvalue weighted by molar-refractivity contribution is 0.0989. The molecule has 1 atom stereocenters. The third-order valence-corrected chi connectivity index (χ3v) is 2.97. The number of methoxy groups -OCH3 is 1. The lowest BCUT2D eigenvalue weighted by Crippen LogP contribution is -2.51. The van der Waals surface area contributed by atoms with E-state index in [1.165, 1.54) is 0 Å². The quantitative estimate of drug-likeness (QED) is 0.559. The van der Waals surface area contributed by atoms with Crippen molar-refractivity contribution in [3.8, 4) is 0 Å². The summed E-state index contributed by atoms with van der Waals surface area (Å²) in [5.74, 6) is 1.00. The first-order valence-electron chi connectivity index (χ1n) is 5.61. The normalized spacial score (nSPS) is 20.7. The Morgan fingerprint density at radius 3 is 2.13 bits per heavy atom. The second kappa shape index (κ2) is 5.47. The fraction of sp³-hybridized carbons (Fsp3) is 0.909. The average molecular weight is 213 g/mol. The molecular weight excluding hydrogens is 190 g/mol. The molecule has 1 saturated heterocycles. The third kappa shape index (κ3) is 3.18. The molecule has 0 saturated carbocycles. The molecule has 1 aliphatic heterocycles. The van der Waals surface area contributed by atoms with Crippen LogP contribution in [0.25, 0.3) is 0 Å². The fourth-order valence-corrected chi connectivity index (χ4v) is 1.93. The molecule has 0 amide bonds. The van der Waals surface area contributed by atoms with Gasteiger partial charge in [0.2, 0.25) is 0 Å². The number of hydrogen-bond donors (Lipinski definition) is 1. The van der Waals surface area contributed by atoms with E-state index in [1.54, 1.807) is 7.11 Å². The van der Waals surface area contributed by atoms with Gasteiger partial charge < -0.3 is 14.5 Å². The minimum absolute atomic E-state index is 0.0617. The first-order valence-corrected chi connectivity index (χ1v) is 5.61. The van der Waals surface area contributed by atoms with Gasteiger partial charge in [-0.2, -0.15) is 0 Å². The summed E-state index contributed by atoms with van der Waals surface area (Å²) in [4.78, 5) is 4.43. The van der Waals surface area contributed by atoms with Gasteiger partial charge in [-0.1, -0.05) is 13.8 Å². The van der Waals surface area contributed by atoms with Crippen LogP contribution in [0.4, 0.5) is 0 Å². The van der Waals surface area contributed by atoms with Gasteiger partial charge in [-0.3, -0.25) is 5.41 Å². The van der Waals surface area contributed by atoms with E-state index in [-0.39, 0.29) is 6.10 Å². The van der Waals surface area contributed by atoms with Crippen LogP contribution in [-0.2, 0) is 4.74 Å². The Morgan fingerprint density at radius 1 is 1.20 bits per heavy atom. The van der Waals surface area contributed by atoms with E-state index in [0.717, 1.165) is 26.2 Å². The SMILES string of the molecule is COC(C(=N)N1CCN(C)CC1)C(C)C. The lowest BCUT2D eigenvalue weighted by atomic mass is 10.1. The van der Waals surface area contributed by atoms with Gasteiger partial charge in [0.25, 0.3) is 0 Å². The maximum Gasteiger partial charge on any atom is 0.126 e. The zero-order valence-electron chi connectivity index (χ0n) is 10.3. The topological polar surface area (TPSA) is 39.6 Å². The molecule has 1 rings (SSSR count). The van der Waals surface area contributed by atoms with Crippen LogP contribution in [0.15, 0.2) is 0 Å². The van der Waals surface area contributed by atoms with Gasteiger partial charge >= 0.3 is 0 Å². The Labute approximate surface area is 92.7 Å². The number of hydrogen-bond acceptors (Lipinski definition) is 3. The zero-order chi connectivity index (χ0) is 11.4. The predicted octanol–water partition coefficient (Wildman–Crippen LogP) is 0.882. The van der Waals surface area contributed by atoms with Crippen LogP contribution in [0.3, 0.4) is 0 Å². The van der Waals surface area contributed by atoms with Crippen LogP contribution in [-0.4, -0.2) is 62.1 Å². The lowest BCUT2D eigenvalue weighted by Gasteiger charge is -2.37. The molecule has 1 N–H and O–H groups in total. The van der Waals surface area contributed by atoms with Gasteiger partial charge in [0.15, 0.2) is 0 Å². The molecular formula is C11H23N3O. The maximum absolute atomic E-state index is 8.12. The molecule has 0 spiro atoms. The number of nitrogens with one attached hydrogen (secondary N) is 1. The van der Waals surface area contributed by atoms with Crippen LogP contribution < -0.4 is 0 Å². The van der Waals surface area contributed by atoms with Crippen LogP contribution in [0.5, 0.6) is 0 Å². The Hall–Kier alpha value is -0.610. The summed E-state index contributed by atoms with van der Waals surface area (Å²) >= 11 is 0. The molecule has 0 aliphatic carbocycles. The van der Waals surface area contributed by atoms with Gasteiger partial charge in [-0.25, -0.2) is 0 Å². The number of nitrogens with zero attached hydrogens (tertiary/aromatic N) is 2. The molecule has 0 aromatic heterocycles. The van der Waals surface area contributed by atoms with Crippen molar-refractivity contribution in [3.05, 3.63) is 0 Å². The molecule has 4 heteroatoms. The minimum atomic E-state index is -0.0617. The van der Waals surface area contributed by atoms with Crippen LogP contribution in [0.1, 0.15) is 13.8 Å². The predicted molar refractivity (Wildman–Crippen MR) is 62.4 cm³/mol. The number of amidine groups is 1. The van der Waals surface area contributed by atoms with Crippen LogP contribution in [0.2, 0.25) is 0 Å². The van der Waals surface area contributed by atoms with E-state index in [2.05, 4.69) is 30.7 Å².